The van der Waals surface area contributed by atoms with E-state index in [1.165, 1.54) is 11.1 Å². The molecule has 0 aliphatic heterocycles. The van der Waals surface area contributed by atoms with E-state index in [1.54, 1.807) is 11.3 Å². The Hall–Kier alpha value is -1.33. The van der Waals surface area contributed by atoms with Gasteiger partial charge in [0.25, 0.3) is 0 Å². The van der Waals surface area contributed by atoms with Gasteiger partial charge in [0.05, 0.1) is 5.75 Å². The summed E-state index contributed by atoms with van der Waals surface area (Å²) in [4.78, 5) is 1.18. The molecule has 0 amide bonds. The van der Waals surface area contributed by atoms with E-state index in [-0.39, 0.29) is 11.8 Å². The summed E-state index contributed by atoms with van der Waals surface area (Å²) in [5.41, 5.74) is 2.08. The first-order valence-corrected chi connectivity index (χ1v) is 8.97. The maximum atomic E-state index is 11.3. The second kappa shape index (κ2) is 5.75. The number of benzene rings is 1. The highest BCUT2D eigenvalue weighted by atomic mass is 32.2. The Labute approximate surface area is 118 Å². The highest BCUT2D eigenvalue weighted by Crippen LogP contribution is 2.31. The molecule has 0 aliphatic rings. The van der Waals surface area contributed by atoms with Crippen LogP contribution in [-0.4, -0.2) is 26.5 Å². The first-order valence-electron chi connectivity index (χ1n) is 6.03. The molecular formula is C14H17NO2S2. The van der Waals surface area contributed by atoms with Gasteiger partial charge in [-0.3, -0.25) is 0 Å². The van der Waals surface area contributed by atoms with Crippen molar-refractivity contribution in [2.45, 2.75) is 13.0 Å². The van der Waals surface area contributed by atoms with Gasteiger partial charge in [-0.2, -0.15) is 0 Å². The standard InChI is InChI=1S/C14H17NO2S2/c1-11(10-19(2,16)17)15-13-7-4-3-6-12(13)14-8-5-9-18-14/h3-9,11,15H,10H2,1-2H3. The zero-order chi connectivity index (χ0) is 13.9. The third-order valence-electron chi connectivity index (χ3n) is 2.67. The van der Waals surface area contributed by atoms with Crippen LogP contribution in [0, 0.1) is 0 Å². The Morgan fingerprint density at radius 2 is 1.95 bits per heavy atom. The molecule has 0 aliphatic carbocycles. The van der Waals surface area contributed by atoms with Crippen LogP contribution < -0.4 is 5.32 Å². The van der Waals surface area contributed by atoms with Gasteiger partial charge < -0.3 is 5.32 Å². The maximum Gasteiger partial charge on any atom is 0.149 e. The van der Waals surface area contributed by atoms with Crippen LogP contribution in [0.1, 0.15) is 6.92 Å². The first-order chi connectivity index (χ1) is 8.96. The number of rotatable bonds is 5. The Morgan fingerprint density at radius 3 is 2.58 bits per heavy atom. The van der Waals surface area contributed by atoms with Crippen LogP contribution in [0.5, 0.6) is 0 Å². The summed E-state index contributed by atoms with van der Waals surface area (Å²) >= 11 is 1.67. The minimum absolute atomic E-state index is 0.115. The SMILES string of the molecule is CC(CS(C)(=O)=O)Nc1ccccc1-c1cccs1. The second-order valence-electron chi connectivity index (χ2n) is 4.66. The summed E-state index contributed by atoms with van der Waals surface area (Å²) in [5.74, 6) is 0.131. The average Bonchev–Trinajstić information content (AvgIpc) is 2.80. The highest BCUT2D eigenvalue weighted by Gasteiger charge is 2.12. The Kier molecular flexibility index (Phi) is 4.27. The molecule has 0 saturated carbocycles. The van der Waals surface area contributed by atoms with Crippen LogP contribution >= 0.6 is 11.3 Å². The van der Waals surface area contributed by atoms with Crippen LogP contribution in [0.2, 0.25) is 0 Å². The van der Waals surface area contributed by atoms with E-state index in [1.807, 2.05) is 42.6 Å². The zero-order valence-corrected chi connectivity index (χ0v) is 12.6. The molecule has 3 nitrogen and oxygen atoms in total. The molecule has 1 atom stereocenters. The highest BCUT2D eigenvalue weighted by molar-refractivity contribution is 7.90. The van der Waals surface area contributed by atoms with Gasteiger partial charge in [0, 0.05) is 28.4 Å². The van der Waals surface area contributed by atoms with Crippen molar-refractivity contribution < 1.29 is 8.42 Å². The van der Waals surface area contributed by atoms with Gasteiger partial charge in [-0.05, 0) is 24.4 Å². The molecule has 0 spiro atoms. The topological polar surface area (TPSA) is 46.2 Å². The van der Waals surface area contributed by atoms with E-state index >= 15 is 0 Å². The molecule has 1 aromatic carbocycles. The van der Waals surface area contributed by atoms with Crippen LogP contribution in [0.4, 0.5) is 5.69 Å². The zero-order valence-electron chi connectivity index (χ0n) is 11.0. The van der Waals surface area contributed by atoms with E-state index in [0.29, 0.717) is 0 Å². The fraction of sp³-hybridized carbons (Fsp3) is 0.286. The lowest BCUT2D eigenvalue weighted by molar-refractivity contribution is 0.598. The first kappa shape index (κ1) is 14.1. The molecule has 1 N–H and O–H groups in total. The normalized spacial score (nSPS) is 13.2. The summed E-state index contributed by atoms with van der Waals surface area (Å²) in [7, 11) is -2.97. The molecule has 1 unspecified atom stereocenters. The number of thiophene rings is 1. The summed E-state index contributed by atoms with van der Waals surface area (Å²) in [6, 6.07) is 11.9. The number of nitrogens with one attached hydrogen (secondary N) is 1. The third kappa shape index (κ3) is 4.08. The summed E-state index contributed by atoms with van der Waals surface area (Å²) < 4.78 is 22.6. The van der Waals surface area contributed by atoms with Crippen LogP contribution in [0.15, 0.2) is 41.8 Å². The number of anilines is 1. The van der Waals surface area contributed by atoms with E-state index in [9.17, 15) is 8.42 Å². The van der Waals surface area contributed by atoms with Crippen LogP contribution in [0.3, 0.4) is 0 Å². The van der Waals surface area contributed by atoms with Gasteiger partial charge in [0.15, 0.2) is 0 Å². The van der Waals surface area contributed by atoms with Crippen molar-refractivity contribution in [1.82, 2.24) is 0 Å². The van der Waals surface area contributed by atoms with Crippen LogP contribution in [0.25, 0.3) is 10.4 Å². The Bertz CT molecular complexity index is 633. The molecule has 102 valence electrons. The monoisotopic (exact) mass is 295 g/mol. The van der Waals surface area contributed by atoms with Gasteiger partial charge in [-0.15, -0.1) is 11.3 Å². The largest absolute Gasteiger partial charge is 0.381 e. The summed E-state index contributed by atoms with van der Waals surface area (Å²) in [5, 5.41) is 5.32. The predicted molar refractivity (Wildman–Crippen MR) is 82.6 cm³/mol. The van der Waals surface area contributed by atoms with E-state index in [0.717, 1.165) is 11.3 Å². The average molecular weight is 295 g/mol. The van der Waals surface area contributed by atoms with Gasteiger partial charge >= 0.3 is 0 Å². The minimum Gasteiger partial charge on any atom is -0.381 e. The van der Waals surface area contributed by atoms with Crippen molar-refractivity contribution in [2.24, 2.45) is 0 Å². The fourth-order valence-corrected chi connectivity index (χ4v) is 3.77. The summed E-state index contributed by atoms with van der Waals surface area (Å²) in [6.07, 6.45) is 1.26. The molecule has 2 rings (SSSR count). The smallest absolute Gasteiger partial charge is 0.149 e. The van der Waals surface area contributed by atoms with Gasteiger partial charge in [-0.1, -0.05) is 24.3 Å². The molecule has 0 saturated heterocycles. The van der Waals surface area contributed by atoms with Crippen molar-refractivity contribution >= 4 is 26.9 Å². The quantitative estimate of drug-likeness (QED) is 0.921. The van der Waals surface area contributed by atoms with Gasteiger partial charge in [0.2, 0.25) is 0 Å². The molecule has 0 fully saturated rings. The van der Waals surface area contributed by atoms with Crippen molar-refractivity contribution in [3.63, 3.8) is 0 Å². The number of sulfone groups is 1. The maximum absolute atomic E-state index is 11.3. The van der Waals surface area contributed by atoms with Crippen LogP contribution in [-0.2, 0) is 9.84 Å². The fourth-order valence-electron chi connectivity index (χ4n) is 2.02. The van der Waals surface area contributed by atoms with Crippen molar-refractivity contribution in [3.8, 4) is 10.4 Å². The number of hydrogen-bond donors (Lipinski definition) is 1. The lowest BCUT2D eigenvalue weighted by Crippen LogP contribution is -2.25. The summed E-state index contributed by atoms with van der Waals surface area (Å²) in [6.45, 7) is 1.88. The molecule has 1 aromatic heterocycles. The minimum atomic E-state index is -2.97. The number of para-hydroxylation sites is 1. The lowest BCUT2D eigenvalue weighted by Gasteiger charge is -2.16. The molecule has 0 bridgehead atoms. The molecular weight excluding hydrogens is 278 g/mol. The Balaban J connectivity index is 2.22. The third-order valence-corrected chi connectivity index (χ3v) is 4.68. The Morgan fingerprint density at radius 1 is 1.21 bits per heavy atom. The van der Waals surface area contributed by atoms with Crippen molar-refractivity contribution in [1.29, 1.82) is 0 Å². The molecule has 2 aromatic rings. The molecule has 1 heterocycles. The second-order valence-corrected chi connectivity index (χ2v) is 7.79. The van der Waals surface area contributed by atoms with E-state index in [4.69, 9.17) is 0 Å². The van der Waals surface area contributed by atoms with E-state index < -0.39 is 9.84 Å². The lowest BCUT2D eigenvalue weighted by atomic mass is 10.1. The molecule has 19 heavy (non-hydrogen) atoms. The van der Waals surface area contributed by atoms with Gasteiger partial charge in [0.1, 0.15) is 9.84 Å². The van der Waals surface area contributed by atoms with Gasteiger partial charge in [-0.25, -0.2) is 8.42 Å². The van der Waals surface area contributed by atoms with Crippen molar-refractivity contribution in [2.75, 3.05) is 17.3 Å². The predicted octanol–water partition coefficient (Wildman–Crippen LogP) is 3.26. The van der Waals surface area contributed by atoms with E-state index in [2.05, 4.69) is 11.4 Å². The van der Waals surface area contributed by atoms with Crippen molar-refractivity contribution in [3.05, 3.63) is 41.8 Å². The molecule has 0 radical (unpaired) electrons. The molecule has 5 heteroatoms. The number of hydrogen-bond acceptors (Lipinski definition) is 4.